The summed E-state index contributed by atoms with van der Waals surface area (Å²) in [5, 5.41) is 9.51. The molecule has 0 aliphatic rings. The molecule has 0 aromatic carbocycles. The Labute approximate surface area is 98.3 Å². The van der Waals surface area contributed by atoms with Gasteiger partial charge in [0.1, 0.15) is 5.56 Å². The molecule has 0 amide bonds. The fourth-order valence-electron chi connectivity index (χ4n) is 1.19. The first-order valence-corrected chi connectivity index (χ1v) is 5.19. The summed E-state index contributed by atoms with van der Waals surface area (Å²) in [5.41, 5.74) is 0.0993. The summed E-state index contributed by atoms with van der Waals surface area (Å²) >= 11 is 0. The van der Waals surface area contributed by atoms with Gasteiger partial charge in [-0.2, -0.15) is 0 Å². The highest BCUT2D eigenvalue weighted by molar-refractivity contribution is 5.90. The molecule has 1 aromatic rings. The molecule has 0 spiro atoms. The standard InChI is InChI=1S/C11H14NO5/c1-3-16-10(13)8-5-6-9(12(15)7-8)11(14)17-4-2/h5-7,15H,3-4H2,1-2H3/q+1. The molecule has 0 aliphatic carbocycles. The van der Waals surface area contributed by atoms with E-state index in [1.807, 2.05) is 0 Å². The fourth-order valence-corrected chi connectivity index (χ4v) is 1.19. The molecule has 0 radical (unpaired) electrons. The number of pyridine rings is 1. The first-order chi connectivity index (χ1) is 8.10. The van der Waals surface area contributed by atoms with Crippen molar-refractivity contribution in [1.82, 2.24) is 0 Å². The lowest BCUT2D eigenvalue weighted by Crippen LogP contribution is -2.39. The van der Waals surface area contributed by atoms with E-state index < -0.39 is 11.9 Å². The van der Waals surface area contributed by atoms with Crippen molar-refractivity contribution in [1.29, 1.82) is 0 Å². The number of ether oxygens (including phenoxy) is 2. The Kier molecular flexibility index (Phi) is 4.45. The number of carbonyl (C=O) groups is 2. The predicted octanol–water partition coefficient (Wildman–Crippen LogP) is 0.565. The van der Waals surface area contributed by atoms with Gasteiger partial charge in [-0.25, -0.2) is 9.59 Å². The maximum Gasteiger partial charge on any atom is 0.408 e. The second-order valence-corrected chi connectivity index (χ2v) is 3.09. The van der Waals surface area contributed by atoms with Crippen LogP contribution in [0.25, 0.3) is 0 Å². The third kappa shape index (κ3) is 3.17. The smallest absolute Gasteiger partial charge is 0.408 e. The molecule has 6 heteroatoms. The van der Waals surface area contributed by atoms with Gasteiger partial charge in [-0.05, 0) is 19.9 Å². The van der Waals surface area contributed by atoms with Gasteiger partial charge < -0.3 is 9.47 Å². The summed E-state index contributed by atoms with van der Waals surface area (Å²) in [6.07, 6.45) is 1.10. The molecule has 0 saturated carbocycles. The molecule has 0 fully saturated rings. The number of rotatable bonds is 4. The Bertz CT molecular complexity index is 430. The molecule has 1 heterocycles. The van der Waals surface area contributed by atoms with Crippen LogP contribution in [0.4, 0.5) is 0 Å². The van der Waals surface area contributed by atoms with Crippen molar-refractivity contribution in [3.05, 3.63) is 29.6 Å². The van der Waals surface area contributed by atoms with E-state index in [4.69, 9.17) is 9.47 Å². The second-order valence-electron chi connectivity index (χ2n) is 3.09. The van der Waals surface area contributed by atoms with Gasteiger partial charge in [0, 0.05) is 10.8 Å². The highest BCUT2D eigenvalue weighted by atomic mass is 16.5. The van der Waals surface area contributed by atoms with Gasteiger partial charge >= 0.3 is 17.6 Å². The maximum absolute atomic E-state index is 11.4. The van der Waals surface area contributed by atoms with Crippen LogP contribution < -0.4 is 4.73 Å². The van der Waals surface area contributed by atoms with Crippen LogP contribution in [0, 0.1) is 0 Å². The summed E-state index contributed by atoms with van der Waals surface area (Å²) in [4.78, 5) is 22.7. The molecule has 6 nitrogen and oxygen atoms in total. The molecular weight excluding hydrogens is 226 g/mol. The molecule has 0 aliphatic heterocycles. The van der Waals surface area contributed by atoms with E-state index in [-0.39, 0.29) is 24.5 Å². The quantitative estimate of drug-likeness (QED) is 0.473. The lowest BCUT2D eigenvalue weighted by molar-refractivity contribution is -0.906. The van der Waals surface area contributed by atoms with Crippen molar-refractivity contribution in [3.8, 4) is 0 Å². The Balaban J connectivity index is 2.93. The third-order valence-corrected chi connectivity index (χ3v) is 1.92. The zero-order valence-electron chi connectivity index (χ0n) is 9.67. The predicted molar refractivity (Wildman–Crippen MR) is 55.7 cm³/mol. The summed E-state index contributed by atoms with van der Waals surface area (Å²) < 4.78 is 10.0. The second kappa shape index (κ2) is 5.83. The molecule has 1 aromatic heterocycles. The zero-order chi connectivity index (χ0) is 12.8. The molecule has 0 unspecified atom stereocenters. The van der Waals surface area contributed by atoms with Crippen molar-refractivity contribution in [2.24, 2.45) is 0 Å². The molecule has 17 heavy (non-hydrogen) atoms. The molecule has 92 valence electrons. The average molecular weight is 240 g/mol. The van der Waals surface area contributed by atoms with Crippen LogP contribution >= 0.6 is 0 Å². The number of esters is 2. The number of nitrogens with zero attached hydrogens (tertiary/aromatic N) is 1. The van der Waals surface area contributed by atoms with Gasteiger partial charge in [0.25, 0.3) is 0 Å². The highest BCUT2D eigenvalue weighted by Crippen LogP contribution is 2.02. The summed E-state index contributed by atoms with van der Waals surface area (Å²) in [6, 6.07) is 2.68. The Morgan fingerprint density at radius 2 is 1.76 bits per heavy atom. The summed E-state index contributed by atoms with van der Waals surface area (Å²) in [7, 11) is 0. The van der Waals surface area contributed by atoms with Crippen LogP contribution in [0.3, 0.4) is 0 Å². The number of hydrogen-bond acceptors (Lipinski definition) is 5. The van der Waals surface area contributed by atoms with Crippen LogP contribution in [-0.2, 0) is 9.47 Å². The third-order valence-electron chi connectivity index (χ3n) is 1.92. The number of hydrogen-bond donors (Lipinski definition) is 1. The summed E-state index contributed by atoms with van der Waals surface area (Å²) in [5.74, 6) is -1.23. The van der Waals surface area contributed by atoms with Gasteiger partial charge in [-0.15, -0.1) is 0 Å². The minimum absolute atomic E-state index is 0.0556. The van der Waals surface area contributed by atoms with E-state index in [1.54, 1.807) is 13.8 Å². The normalized spacial score (nSPS) is 9.76. The molecule has 0 saturated heterocycles. The minimum atomic E-state index is -0.662. The number of carbonyl (C=O) groups excluding carboxylic acids is 2. The lowest BCUT2D eigenvalue weighted by atomic mass is 10.2. The van der Waals surface area contributed by atoms with Gasteiger partial charge in [0.15, 0.2) is 0 Å². The first-order valence-electron chi connectivity index (χ1n) is 5.19. The SMILES string of the molecule is CCOC(=O)c1ccc(C(=O)OCC)[n+](O)c1. The lowest BCUT2D eigenvalue weighted by Gasteiger charge is -2.01. The van der Waals surface area contributed by atoms with E-state index in [0.29, 0.717) is 4.73 Å². The monoisotopic (exact) mass is 240 g/mol. The van der Waals surface area contributed by atoms with Crippen molar-refractivity contribution in [2.75, 3.05) is 13.2 Å². The largest absolute Gasteiger partial charge is 0.462 e. The minimum Gasteiger partial charge on any atom is -0.462 e. The van der Waals surface area contributed by atoms with E-state index in [0.717, 1.165) is 6.20 Å². The van der Waals surface area contributed by atoms with E-state index in [9.17, 15) is 14.8 Å². The van der Waals surface area contributed by atoms with Crippen LogP contribution in [0.2, 0.25) is 0 Å². The zero-order valence-corrected chi connectivity index (χ0v) is 9.67. The molecular formula is C11H14NO5+. The van der Waals surface area contributed by atoms with Gasteiger partial charge in [0.05, 0.1) is 13.2 Å². The van der Waals surface area contributed by atoms with Crippen molar-refractivity contribution in [3.63, 3.8) is 0 Å². The van der Waals surface area contributed by atoms with E-state index >= 15 is 0 Å². The highest BCUT2D eigenvalue weighted by Gasteiger charge is 2.23. The topological polar surface area (TPSA) is 76.7 Å². The molecule has 1 rings (SSSR count). The van der Waals surface area contributed by atoms with Crippen molar-refractivity contribution >= 4 is 11.9 Å². The van der Waals surface area contributed by atoms with Crippen LogP contribution in [-0.4, -0.2) is 30.4 Å². The molecule has 1 N–H and O–H groups in total. The van der Waals surface area contributed by atoms with Crippen LogP contribution in [0.1, 0.15) is 34.7 Å². The van der Waals surface area contributed by atoms with Crippen molar-refractivity contribution in [2.45, 2.75) is 13.8 Å². The van der Waals surface area contributed by atoms with Gasteiger partial charge in [0.2, 0.25) is 6.20 Å². The maximum atomic E-state index is 11.4. The Morgan fingerprint density at radius 1 is 1.18 bits per heavy atom. The molecule has 0 atom stereocenters. The Morgan fingerprint density at radius 3 is 2.29 bits per heavy atom. The Hall–Kier alpha value is -2.11. The average Bonchev–Trinajstić information content (AvgIpc) is 2.29. The summed E-state index contributed by atoms with van der Waals surface area (Å²) in [6.45, 7) is 3.78. The number of aromatic nitrogens is 1. The van der Waals surface area contributed by atoms with Gasteiger partial charge in [-0.3, -0.25) is 5.21 Å². The molecule has 0 bridgehead atoms. The van der Waals surface area contributed by atoms with E-state index in [1.165, 1.54) is 12.1 Å². The van der Waals surface area contributed by atoms with Crippen LogP contribution in [0.5, 0.6) is 0 Å². The first kappa shape index (κ1) is 13.0. The van der Waals surface area contributed by atoms with Crippen LogP contribution in [0.15, 0.2) is 18.3 Å². The fraction of sp³-hybridized carbons (Fsp3) is 0.364. The van der Waals surface area contributed by atoms with Gasteiger partial charge in [-0.1, -0.05) is 0 Å². The van der Waals surface area contributed by atoms with Crippen molar-refractivity contribution < 1.29 is 29.0 Å². The van der Waals surface area contributed by atoms with E-state index in [2.05, 4.69) is 0 Å².